The molecule has 0 amide bonds. The van der Waals surface area contributed by atoms with Crippen LogP contribution in [-0.4, -0.2) is 30.0 Å². The van der Waals surface area contributed by atoms with Crippen LogP contribution in [0, 0.1) is 4.91 Å². The number of rotatable bonds is 8. The van der Waals surface area contributed by atoms with Crippen molar-refractivity contribution in [3.8, 4) is 5.75 Å². The van der Waals surface area contributed by atoms with Gasteiger partial charge in [0.2, 0.25) is 0 Å². The van der Waals surface area contributed by atoms with Crippen LogP contribution < -0.4 is 10.5 Å². The SMILES string of the molecule is NC(CCOc1ccc(C(C=O)N=O)cc1)C(=O)O. The first-order valence-corrected chi connectivity index (χ1v) is 5.57. The van der Waals surface area contributed by atoms with Gasteiger partial charge in [0.05, 0.1) is 6.61 Å². The van der Waals surface area contributed by atoms with Crippen molar-refractivity contribution in [2.45, 2.75) is 18.5 Å². The van der Waals surface area contributed by atoms with E-state index >= 15 is 0 Å². The van der Waals surface area contributed by atoms with Crippen LogP contribution in [0.15, 0.2) is 29.4 Å². The van der Waals surface area contributed by atoms with Gasteiger partial charge in [0.15, 0.2) is 12.3 Å². The van der Waals surface area contributed by atoms with E-state index in [1.807, 2.05) is 0 Å². The molecule has 7 nitrogen and oxygen atoms in total. The highest BCUT2D eigenvalue weighted by molar-refractivity contribution is 5.72. The Bertz CT molecular complexity index is 438. The van der Waals surface area contributed by atoms with Crippen molar-refractivity contribution in [1.29, 1.82) is 0 Å². The number of carbonyl (C=O) groups is 2. The van der Waals surface area contributed by atoms with Crippen LogP contribution in [0.3, 0.4) is 0 Å². The molecule has 1 aromatic carbocycles. The lowest BCUT2D eigenvalue weighted by atomic mass is 10.1. The summed E-state index contributed by atoms with van der Waals surface area (Å²) in [5.41, 5.74) is 5.79. The fraction of sp³-hybridized carbons (Fsp3) is 0.333. The minimum Gasteiger partial charge on any atom is -0.494 e. The number of aldehydes is 1. The molecule has 0 aliphatic carbocycles. The zero-order valence-corrected chi connectivity index (χ0v) is 10.1. The Balaban J connectivity index is 2.51. The van der Waals surface area contributed by atoms with Crippen LogP contribution in [0.4, 0.5) is 0 Å². The highest BCUT2D eigenvalue weighted by Crippen LogP contribution is 2.19. The van der Waals surface area contributed by atoms with E-state index in [4.69, 9.17) is 15.6 Å². The monoisotopic (exact) mass is 266 g/mol. The van der Waals surface area contributed by atoms with Crippen LogP contribution in [0.25, 0.3) is 0 Å². The second kappa shape index (κ2) is 7.22. The Morgan fingerprint density at radius 3 is 2.53 bits per heavy atom. The molecule has 0 saturated carbocycles. The zero-order valence-electron chi connectivity index (χ0n) is 10.1. The van der Waals surface area contributed by atoms with E-state index in [1.54, 1.807) is 24.3 Å². The van der Waals surface area contributed by atoms with Crippen LogP contribution >= 0.6 is 0 Å². The number of hydrogen-bond acceptors (Lipinski definition) is 6. The summed E-state index contributed by atoms with van der Waals surface area (Å²) >= 11 is 0. The first-order chi connectivity index (χ1) is 9.08. The molecule has 0 aliphatic heterocycles. The average Bonchev–Trinajstić information content (AvgIpc) is 2.41. The maximum atomic E-state index is 10.5. The fourth-order valence-corrected chi connectivity index (χ4v) is 1.35. The Morgan fingerprint density at radius 1 is 1.42 bits per heavy atom. The van der Waals surface area contributed by atoms with Gasteiger partial charge in [-0.05, 0) is 17.7 Å². The fourth-order valence-electron chi connectivity index (χ4n) is 1.35. The lowest BCUT2D eigenvalue weighted by molar-refractivity contribution is -0.138. The van der Waals surface area contributed by atoms with E-state index in [2.05, 4.69) is 5.18 Å². The summed E-state index contributed by atoms with van der Waals surface area (Å²) in [5, 5.41) is 11.2. The number of carbonyl (C=O) groups excluding carboxylic acids is 1. The van der Waals surface area contributed by atoms with Gasteiger partial charge in [0.1, 0.15) is 11.8 Å². The van der Waals surface area contributed by atoms with E-state index in [1.165, 1.54) is 0 Å². The molecular formula is C12H14N2O5. The van der Waals surface area contributed by atoms with Crippen LogP contribution in [0.5, 0.6) is 5.75 Å². The predicted octanol–water partition coefficient (Wildman–Crippen LogP) is 0.874. The van der Waals surface area contributed by atoms with E-state index in [0.717, 1.165) is 0 Å². The van der Waals surface area contributed by atoms with Gasteiger partial charge in [-0.3, -0.25) is 4.79 Å². The number of hydrogen-bond donors (Lipinski definition) is 2. The molecule has 0 aromatic heterocycles. The molecule has 2 unspecified atom stereocenters. The number of nitrogens with zero attached hydrogens (tertiary/aromatic N) is 1. The van der Waals surface area contributed by atoms with Gasteiger partial charge in [-0.25, -0.2) is 0 Å². The molecule has 19 heavy (non-hydrogen) atoms. The van der Waals surface area contributed by atoms with Gasteiger partial charge in [0, 0.05) is 6.42 Å². The Kier molecular flexibility index (Phi) is 5.62. The molecule has 7 heteroatoms. The topological polar surface area (TPSA) is 119 Å². The summed E-state index contributed by atoms with van der Waals surface area (Å²) in [6.07, 6.45) is 0.638. The second-order valence-corrected chi connectivity index (χ2v) is 3.84. The number of aliphatic carboxylic acids is 1. The van der Waals surface area contributed by atoms with Crippen LogP contribution in [0.2, 0.25) is 0 Å². The number of carboxylic acid groups (broad SMARTS) is 1. The second-order valence-electron chi connectivity index (χ2n) is 3.84. The standard InChI is InChI=1S/C12H14N2O5/c13-10(12(16)17)5-6-19-9-3-1-8(2-4-9)11(7-15)14-18/h1-4,7,10-11H,5-6,13H2,(H,16,17). The van der Waals surface area contributed by atoms with Gasteiger partial charge in [0.25, 0.3) is 0 Å². The van der Waals surface area contributed by atoms with Crippen molar-refractivity contribution in [2.75, 3.05) is 6.61 Å². The summed E-state index contributed by atoms with van der Waals surface area (Å²) in [4.78, 5) is 31.4. The van der Waals surface area contributed by atoms with Crippen LogP contribution in [0.1, 0.15) is 18.0 Å². The maximum Gasteiger partial charge on any atom is 0.320 e. The van der Waals surface area contributed by atoms with E-state index in [0.29, 0.717) is 17.6 Å². The predicted molar refractivity (Wildman–Crippen MR) is 66.8 cm³/mol. The van der Waals surface area contributed by atoms with Gasteiger partial charge < -0.3 is 20.4 Å². The van der Waals surface area contributed by atoms with E-state index in [-0.39, 0.29) is 13.0 Å². The third-order valence-electron chi connectivity index (χ3n) is 2.48. The molecular weight excluding hydrogens is 252 g/mol. The third-order valence-corrected chi connectivity index (χ3v) is 2.48. The average molecular weight is 266 g/mol. The number of benzene rings is 1. The summed E-state index contributed by atoms with van der Waals surface area (Å²) in [7, 11) is 0. The molecule has 1 aromatic rings. The molecule has 0 bridgehead atoms. The molecule has 0 spiro atoms. The first-order valence-electron chi connectivity index (χ1n) is 5.57. The molecule has 0 heterocycles. The zero-order chi connectivity index (χ0) is 14.3. The number of nitrogens with two attached hydrogens (primary N) is 1. The van der Waals surface area contributed by atoms with Crippen molar-refractivity contribution >= 4 is 12.3 Å². The van der Waals surface area contributed by atoms with Crippen molar-refractivity contribution in [1.82, 2.24) is 0 Å². The normalized spacial score (nSPS) is 13.3. The van der Waals surface area contributed by atoms with Gasteiger partial charge in [-0.15, -0.1) is 4.91 Å². The number of nitroso groups, excluding NO2 is 1. The van der Waals surface area contributed by atoms with Crippen molar-refractivity contribution in [2.24, 2.45) is 10.9 Å². The molecule has 102 valence electrons. The summed E-state index contributed by atoms with van der Waals surface area (Å²) < 4.78 is 5.29. The van der Waals surface area contributed by atoms with Crippen LogP contribution in [-0.2, 0) is 9.59 Å². The maximum absolute atomic E-state index is 10.5. The van der Waals surface area contributed by atoms with Crippen molar-refractivity contribution < 1.29 is 19.4 Å². The molecule has 0 fully saturated rings. The van der Waals surface area contributed by atoms with Crippen molar-refractivity contribution in [3.63, 3.8) is 0 Å². The summed E-state index contributed by atoms with van der Waals surface area (Å²) in [5.74, 6) is -0.582. The highest BCUT2D eigenvalue weighted by Gasteiger charge is 2.12. The molecule has 1 rings (SSSR count). The van der Waals surface area contributed by atoms with Gasteiger partial charge in [-0.2, -0.15) is 0 Å². The van der Waals surface area contributed by atoms with E-state index < -0.39 is 18.1 Å². The van der Waals surface area contributed by atoms with Gasteiger partial charge in [-0.1, -0.05) is 17.3 Å². The Hall–Kier alpha value is -2.28. The summed E-state index contributed by atoms with van der Waals surface area (Å²) in [6, 6.07) is 4.26. The first kappa shape index (κ1) is 14.8. The van der Waals surface area contributed by atoms with Crippen molar-refractivity contribution in [3.05, 3.63) is 34.7 Å². The summed E-state index contributed by atoms with van der Waals surface area (Å²) in [6.45, 7) is 0.163. The number of ether oxygens (including phenoxy) is 1. The number of carboxylic acids is 1. The lowest BCUT2D eigenvalue weighted by Crippen LogP contribution is -2.31. The molecule has 0 saturated heterocycles. The largest absolute Gasteiger partial charge is 0.494 e. The van der Waals surface area contributed by atoms with E-state index in [9.17, 15) is 14.5 Å². The highest BCUT2D eigenvalue weighted by atomic mass is 16.5. The van der Waals surface area contributed by atoms with Gasteiger partial charge >= 0.3 is 5.97 Å². The third kappa shape index (κ3) is 4.47. The molecule has 3 N–H and O–H groups in total. The smallest absolute Gasteiger partial charge is 0.320 e. The molecule has 2 atom stereocenters. The minimum atomic E-state index is -1.08. The lowest BCUT2D eigenvalue weighted by Gasteiger charge is -2.09. The molecule has 0 radical (unpaired) electrons. The molecule has 0 aliphatic rings. The quantitative estimate of drug-likeness (QED) is 0.532. The Labute approximate surface area is 109 Å². The Morgan fingerprint density at radius 2 is 2.05 bits per heavy atom. The minimum absolute atomic E-state index is 0.163.